The van der Waals surface area contributed by atoms with Crippen molar-refractivity contribution in [3.63, 3.8) is 0 Å². The van der Waals surface area contributed by atoms with E-state index in [0.717, 1.165) is 141 Å². The summed E-state index contributed by atoms with van der Waals surface area (Å²) in [4.78, 5) is 38.3. The van der Waals surface area contributed by atoms with Crippen molar-refractivity contribution in [1.82, 2.24) is 0 Å². The molecule has 0 aliphatic rings. The molecule has 1 unspecified atom stereocenters. The van der Waals surface area contributed by atoms with Crippen LogP contribution in [-0.4, -0.2) is 37.2 Å². The van der Waals surface area contributed by atoms with Crippen molar-refractivity contribution in [3.05, 3.63) is 146 Å². The Hall–Kier alpha value is -4.71. The van der Waals surface area contributed by atoms with E-state index in [-0.39, 0.29) is 37.5 Å². The van der Waals surface area contributed by atoms with E-state index in [4.69, 9.17) is 14.2 Å². The van der Waals surface area contributed by atoms with Crippen molar-refractivity contribution >= 4 is 17.9 Å². The van der Waals surface area contributed by atoms with Crippen LogP contribution in [0.25, 0.3) is 0 Å². The summed E-state index contributed by atoms with van der Waals surface area (Å²) in [6.07, 6.45) is 91.3. The Kier molecular flexibility index (Phi) is 59.9. The van der Waals surface area contributed by atoms with Crippen LogP contribution in [0.4, 0.5) is 0 Å². The van der Waals surface area contributed by atoms with Gasteiger partial charge >= 0.3 is 17.9 Å². The van der Waals surface area contributed by atoms with Crippen LogP contribution >= 0.6 is 0 Å². The van der Waals surface area contributed by atoms with Crippen LogP contribution in [-0.2, 0) is 28.6 Å². The summed E-state index contributed by atoms with van der Waals surface area (Å²) in [6.45, 7) is 6.34. The SMILES string of the molecule is CC/C=C\C/C=C\C/C=C\C/C=C\C/C=C\C/C=C\CCCCC(=O)OC(COC(=O)CCCCCCC/C=C\C/C=C\CCCCC)COC(=O)CCCCCCCCCCCC/C=C\C/C=C\C/C=C\C/C=C\CC. The molecule has 6 heteroatoms. The van der Waals surface area contributed by atoms with Crippen LogP contribution < -0.4 is 0 Å². The fraction of sp³-hybridized carbons (Fsp3) is 0.620. The zero-order chi connectivity index (χ0) is 55.7. The second kappa shape index (κ2) is 63.8. The van der Waals surface area contributed by atoms with Crippen LogP contribution in [0, 0.1) is 0 Å². The Bertz CT molecular complexity index is 1700. The van der Waals surface area contributed by atoms with Crippen molar-refractivity contribution in [2.24, 2.45) is 0 Å². The number of allylic oxidation sites excluding steroid dienone is 24. The molecule has 0 N–H and O–H groups in total. The topological polar surface area (TPSA) is 78.9 Å². The lowest BCUT2D eigenvalue weighted by Crippen LogP contribution is -2.30. The molecule has 0 fully saturated rings. The van der Waals surface area contributed by atoms with Gasteiger partial charge in [0, 0.05) is 19.3 Å². The van der Waals surface area contributed by atoms with E-state index in [9.17, 15) is 14.4 Å². The summed E-state index contributed by atoms with van der Waals surface area (Å²) < 4.78 is 16.9. The quantitative estimate of drug-likeness (QED) is 0.0261. The Morgan fingerprint density at radius 1 is 0.273 bits per heavy atom. The molecule has 0 radical (unpaired) electrons. The zero-order valence-corrected chi connectivity index (χ0v) is 49.7. The zero-order valence-electron chi connectivity index (χ0n) is 49.7. The maximum Gasteiger partial charge on any atom is 0.306 e. The number of carbonyl (C=O) groups excluding carboxylic acids is 3. The highest BCUT2D eigenvalue weighted by Gasteiger charge is 2.19. The number of unbranched alkanes of at least 4 members (excludes halogenated alkanes) is 20. The minimum absolute atomic E-state index is 0.108. The molecular weight excluding hydrogens is 949 g/mol. The Morgan fingerprint density at radius 2 is 0.506 bits per heavy atom. The normalized spacial score (nSPS) is 13.1. The maximum absolute atomic E-state index is 12.9. The molecule has 0 aromatic heterocycles. The van der Waals surface area contributed by atoms with E-state index in [1.807, 2.05) is 0 Å². The Balaban J connectivity index is 4.49. The third kappa shape index (κ3) is 62.0. The number of hydrogen-bond donors (Lipinski definition) is 0. The molecule has 0 aliphatic carbocycles. The molecule has 0 aliphatic heterocycles. The van der Waals surface area contributed by atoms with Gasteiger partial charge in [0.2, 0.25) is 0 Å². The fourth-order valence-corrected chi connectivity index (χ4v) is 8.17. The first-order valence-corrected chi connectivity index (χ1v) is 31.3. The van der Waals surface area contributed by atoms with Gasteiger partial charge in [-0.05, 0) is 141 Å². The molecule has 1 atom stereocenters. The van der Waals surface area contributed by atoms with Crippen LogP contribution in [0.15, 0.2) is 146 Å². The van der Waals surface area contributed by atoms with Gasteiger partial charge in [0.25, 0.3) is 0 Å². The van der Waals surface area contributed by atoms with Crippen molar-refractivity contribution in [3.8, 4) is 0 Å². The van der Waals surface area contributed by atoms with E-state index in [1.165, 1.54) is 77.0 Å². The average Bonchev–Trinajstić information content (AvgIpc) is 3.43. The number of esters is 3. The molecule has 0 bridgehead atoms. The molecular formula is C71H114O6. The van der Waals surface area contributed by atoms with Gasteiger partial charge in [0.15, 0.2) is 6.10 Å². The second-order valence-corrected chi connectivity index (χ2v) is 20.2. The molecule has 77 heavy (non-hydrogen) atoms. The predicted molar refractivity (Wildman–Crippen MR) is 334 cm³/mol. The number of carbonyl (C=O) groups is 3. The first-order chi connectivity index (χ1) is 38.0. The maximum atomic E-state index is 12.9. The fourth-order valence-electron chi connectivity index (χ4n) is 8.17. The summed E-state index contributed by atoms with van der Waals surface area (Å²) >= 11 is 0. The second-order valence-electron chi connectivity index (χ2n) is 20.2. The van der Waals surface area contributed by atoms with E-state index in [2.05, 4.69) is 167 Å². The molecule has 0 spiro atoms. The van der Waals surface area contributed by atoms with Gasteiger partial charge in [-0.15, -0.1) is 0 Å². The van der Waals surface area contributed by atoms with Crippen LogP contribution in [0.2, 0.25) is 0 Å². The largest absolute Gasteiger partial charge is 0.462 e. The third-order valence-electron chi connectivity index (χ3n) is 12.8. The van der Waals surface area contributed by atoms with Crippen molar-refractivity contribution in [2.45, 2.75) is 271 Å². The van der Waals surface area contributed by atoms with Gasteiger partial charge in [-0.1, -0.05) is 250 Å². The highest BCUT2D eigenvalue weighted by atomic mass is 16.6. The molecule has 434 valence electrons. The first kappa shape index (κ1) is 72.3. The summed E-state index contributed by atoms with van der Waals surface area (Å²) in [5.74, 6) is -0.971. The Labute approximate surface area is 474 Å². The van der Waals surface area contributed by atoms with E-state index >= 15 is 0 Å². The lowest BCUT2D eigenvalue weighted by Gasteiger charge is -2.18. The van der Waals surface area contributed by atoms with Gasteiger partial charge in [-0.2, -0.15) is 0 Å². The summed E-state index contributed by atoms with van der Waals surface area (Å²) in [6, 6.07) is 0. The molecule has 0 heterocycles. The number of hydrogen-bond acceptors (Lipinski definition) is 6. The Morgan fingerprint density at radius 3 is 0.818 bits per heavy atom. The number of rotatable bonds is 55. The molecule has 0 amide bonds. The van der Waals surface area contributed by atoms with Crippen LogP contribution in [0.1, 0.15) is 265 Å². The minimum atomic E-state index is -0.817. The van der Waals surface area contributed by atoms with Crippen LogP contribution in [0.3, 0.4) is 0 Å². The minimum Gasteiger partial charge on any atom is -0.462 e. The molecule has 0 rings (SSSR count). The van der Waals surface area contributed by atoms with Gasteiger partial charge in [-0.3, -0.25) is 14.4 Å². The lowest BCUT2D eigenvalue weighted by atomic mass is 10.1. The van der Waals surface area contributed by atoms with Gasteiger partial charge in [-0.25, -0.2) is 0 Å². The van der Waals surface area contributed by atoms with Gasteiger partial charge in [0.05, 0.1) is 0 Å². The van der Waals surface area contributed by atoms with Gasteiger partial charge < -0.3 is 14.2 Å². The van der Waals surface area contributed by atoms with E-state index < -0.39 is 6.10 Å². The molecule has 0 saturated carbocycles. The molecule has 0 aromatic rings. The standard InChI is InChI=1S/C71H114O6/c1-4-7-10-13-16-19-22-25-28-30-32-34-35-37-38-40-43-46-49-52-55-58-61-64-70(73)76-67-68(66-75-69(72)63-60-57-54-51-48-45-42-27-24-21-18-15-12-9-6-3)77-71(74)65-62-59-56-53-50-47-44-41-39-36-33-31-29-26-23-20-17-14-11-8-5-2/h7-8,10-11,16-21,25-29,32-34,36,41-42,44,50,53,68H,4-6,9,12-15,22-24,30-31,35,37-40,43,45-49,51-52,54-67H2,1-3H3/b10-7-,11-8-,19-16-,20-17-,21-18-,28-25-,29-26-,34-32-,36-33-,42-27-,44-41-,53-50-. The highest BCUT2D eigenvalue weighted by molar-refractivity contribution is 5.71. The lowest BCUT2D eigenvalue weighted by molar-refractivity contribution is -0.167. The average molecular weight is 1060 g/mol. The monoisotopic (exact) mass is 1060 g/mol. The summed E-state index contributed by atoms with van der Waals surface area (Å²) in [5, 5.41) is 0. The summed E-state index contributed by atoms with van der Waals surface area (Å²) in [5.41, 5.74) is 0. The summed E-state index contributed by atoms with van der Waals surface area (Å²) in [7, 11) is 0. The van der Waals surface area contributed by atoms with E-state index in [0.29, 0.717) is 19.3 Å². The smallest absolute Gasteiger partial charge is 0.306 e. The van der Waals surface area contributed by atoms with Crippen molar-refractivity contribution < 1.29 is 28.6 Å². The number of ether oxygens (including phenoxy) is 3. The van der Waals surface area contributed by atoms with Crippen LogP contribution in [0.5, 0.6) is 0 Å². The highest BCUT2D eigenvalue weighted by Crippen LogP contribution is 2.14. The third-order valence-corrected chi connectivity index (χ3v) is 12.8. The predicted octanol–water partition coefficient (Wildman–Crippen LogP) is 21.5. The van der Waals surface area contributed by atoms with Crippen molar-refractivity contribution in [1.29, 1.82) is 0 Å². The first-order valence-electron chi connectivity index (χ1n) is 31.3. The van der Waals surface area contributed by atoms with Crippen molar-refractivity contribution in [2.75, 3.05) is 13.2 Å². The van der Waals surface area contributed by atoms with Gasteiger partial charge in [0.1, 0.15) is 13.2 Å². The molecule has 0 aromatic carbocycles. The molecule has 6 nitrogen and oxygen atoms in total. The van der Waals surface area contributed by atoms with E-state index in [1.54, 1.807) is 0 Å². The molecule has 0 saturated heterocycles.